The van der Waals surface area contributed by atoms with E-state index in [1.165, 1.54) is 18.2 Å². The highest BCUT2D eigenvalue weighted by Crippen LogP contribution is 2.25. The molecular weight excluding hydrogens is 294 g/mol. The van der Waals surface area contributed by atoms with Crippen LogP contribution in [0.4, 0.5) is 5.69 Å². The Morgan fingerprint density at radius 1 is 1.33 bits per heavy atom. The fraction of sp³-hybridized carbons (Fsp3) is 0.462. The zero-order valence-corrected chi connectivity index (χ0v) is 12.6. The predicted octanol–water partition coefficient (Wildman–Crippen LogP) is 0.215. The van der Waals surface area contributed by atoms with E-state index in [1.54, 1.807) is 0 Å². The van der Waals surface area contributed by atoms with Gasteiger partial charge in [-0.15, -0.1) is 0 Å². The topological polar surface area (TPSA) is 125 Å². The minimum Gasteiger partial charge on any atom is -0.398 e. The van der Waals surface area contributed by atoms with Crippen LogP contribution >= 0.6 is 0 Å². The summed E-state index contributed by atoms with van der Waals surface area (Å²) in [7, 11) is -3.77. The maximum absolute atomic E-state index is 12.5. The number of nitrogens with one attached hydrogen (secondary N) is 1. The Bertz CT molecular complexity index is 651. The quantitative estimate of drug-likeness (QED) is 0.686. The third-order valence-corrected chi connectivity index (χ3v) is 5.27. The third-order valence-electron chi connectivity index (χ3n) is 3.56. The molecule has 2 rings (SSSR count). The van der Waals surface area contributed by atoms with E-state index in [0.717, 1.165) is 0 Å². The van der Waals surface area contributed by atoms with Gasteiger partial charge >= 0.3 is 0 Å². The molecule has 1 fully saturated rings. The van der Waals surface area contributed by atoms with Crippen molar-refractivity contribution in [2.75, 3.05) is 18.9 Å². The summed E-state index contributed by atoms with van der Waals surface area (Å²) in [5, 5.41) is 0. The standard InChI is InChI=1S/C13H19N3O4S/c1-13(4-6-20-7-5-13)16-21(18,19)11-3-2-9(12(15)17)8-10(11)14/h2-3,8,16H,4-7,14H2,1H3,(H2,15,17). The number of rotatable bonds is 4. The number of nitrogens with two attached hydrogens (primary N) is 2. The first-order valence-electron chi connectivity index (χ1n) is 6.55. The lowest BCUT2D eigenvalue weighted by molar-refractivity contribution is 0.0537. The Kier molecular flexibility index (Phi) is 4.22. The van der Waals surface area contributed by atoms with Crippen molar-refractivity contribution < 1.29 is 17.9 Å². The Morgan fingerprint density at radius 3 is 2.48 bits per heavy atom. The number of ether oxygens (including phenoxy) is 1. The van der Waals surface area contributed by atoms with Gasteiger partial charge in [-0.25, -0.2) is 13.1 Å². The smallest absolute Gasteiger partial charge is 0.248 e. The molecule has 0 spiro atoms. The van der Waals surface area contributed by atoms with E-state index >= 15 is 0 Å². The van der Waals surface area contributed by atoms with Crippen molar-refractivity contribution >= 4 is 21.6 Å². The lowest BCUT2D eigenvalue weighted by atomic mass is 9.94. The number of carbonyl (C=O) groups excluding carboxylic acids is 1. The maximum atomic E-state index is 12.5. The SMILES string of the molecule is CC1(NS(=O)(=O)c2ccc(C(N)=O)cc2N)CCOCC1. The molecule has 0 aliphatic carbocycles. The number of anilines is 1. The number of nitrogen functional groups attached to an aromatic ring is 1. The molecule has 1 heterocycles. The summed E-state index contributed by atoms with van der Waals surface area (Å²) >= 11 is 0. The molecule has 7 nitrogen and oxygen atoms in total. The molecule has 0 atom stereocenters. The van der Waals surface area contributed by atoms with Gasteiger partial charge in [-0.3, -0.25) is 4.79 Å². The summed E-state index contributed by atoms with van der Waals surface area (Å²) in [5.74, 6) is -0.657. The molecule has 1 aliphatic rings. The molecule has 1 saturated heterocycles. The Morgan fingerprint density at radius 2 is 1.95 bits per heavy atom. The van der Waals surface area contributed by atoms with Gasteiger partial charge in [0.05, 0.1) is 5.69 Å². The Labute approximate surface area is 123 Å². The van der Waals surface area contributed by atoms with E-state index in [9.17, 15) is 13.2 Å². The molecule has 0 aromatic heterocycles. The second kappa shape index (κ2) is 5.63. The number of amides is 1. The van der Waals surface area contributed by atoms with Crippen molar-refractivity contribution in [3.05, 3.63) is 23.8 Å². The second-order valence-electron chi connectivity index (χ2n) is 5.40. The predicted molar refractivity (Wildman–Crippen MR) is 78.2 cm³/mol. The van der Waals surface area contributed by atoms with Crippen LogP contribution < -0.4 is 16.2 Å². The Hall–Kier alpha value is -1.64. The van der Waals surface area contributed by atoms with Gasteiger partial charge in [-0.2, -0.15) is 0 Å². The molecule has 0 unspecified atom stereocenters. The summed E-state index contributed by atoms with van der Waals surface area (Å²) in [5.41, 5.74) is 10.5. The van der Waals surface area contributed by atoms with Gasteiger partial charge in [0.2, 0.25) is 15.9 Å². The number of benzene rings is 1. The molecule has 0 radical (unpaired) electrons. The minimum absolute atomic E-state index is 0.00513. The summed E-state index contributed by atoms with van der Waals surface area (Å²) in [6, 6.07) is 3.91. The van der Waals surface area contributed by atoms with E-state index in [2.05, 4.69) is 4.72 Å². The lowest BCUT2D eigenvalue weighted by Gasteiger charge is -2.34. The molecule has 21 heavy (non-hydrogen) atoms. The molecule has 1 aromatic rings. The molecule has 8 heteroatoms. The zero-order chi connectivity index (χ0) is 15.7. The molecule has 116 valence electrons. The third kappa shape index (κ3) is 3.52. The molecule has 1 amide bonds. The van der Waals surface area contributed by atoms with Crippen LogP contribution in [0.5, 0.6) is 0 Å². The van der Waals surface area contributed by atoms with Gasteiger partial charge in [-0.1, -0.05) is 0 Å². The molecule has 0 bridgehead atoms. The van der Waals surface area contributed by atoms with Crippen LogP contribution in [0.25, 0.3) is 0 Å². The highest BCUT2D eigenvalue weighted by molar-refractivity contribution is 7.89. The normalized spacial score (nSPS) is 18.3. The van der Waals surface area contributed by atoms with Crippen LogP contribution in [0.2, 0.25) is 0 Å². The number of primary amides is 1. The first-order chi connectivity index (χ1) is 9.73. The first-order valence-corrected chi connectivity index (χ1v) is 8.03. The van der Waals surface area contributed by atoms with E-state index < -0.39 is 21.5 Å². The second-order valence-corrected chi connectivity index (χ2v) is 7.05. The number of sulfonamides is 1. The number of hydrogen-bond acceptors (Lipinski definition) is 5. The van der Waals surface area contributed by atoms with Crippen molar-refractivity contribution in [3.63, 3.8) is 0 Å². The lowest BCUT2D eigenvalue weighted by Crippen LogP contribution is -2.49. The van der Waals surface area contributed by atoms with Gasteiger partial charge in [0.15, 0.2) is 0 Å². The first kappa shape index (κ1) is 15.7. The van der Waals surface area contributed by atoms with Crippen LogP contribution in [-0.2, 0) is 14.8 Å². The summed E-state index contributed by atoms with van der Waals surface area (Å²) in [6.07, 6.45) is 1.18. The average Bonchev–Trinajstić information content (AvgIpc) is 2.37. The minimum atomic E-state index is -3.77. The van der Waals surface area contributed by atoms with Gasteiger partial charge in [0, 0.05) is 24.3 Å². The van der Waals surface area contributed by atoms with Gasteiger partial charge < -0.3 is 16.2 Å². The summed E-state index contributed by atoms with van der Waals surface area (Å²) in [4.78, 5) is 11.0. The largest absolute Gasteiger partial charge is 0.398 e. The Balaban J connectivity index is 2.29. The van der Waals surface area contributed by atoms with Crippen LogP contribution in [-0.4, -0.2) is 33.1 Å². The fourth-order valence-corrected chi connectivity index (χ4v) is 3.83. The van der Waals surface area contributed by atoms with Gasteiger partial charge in [0.25, 0.3) is 0 Å². The number of hydrogen-bond donors (Lipinski definition) is 3. The van der Waals surface area contributed by atoms with Crippen molar-refractivity contribution in [1.29, 1.82) is 0 Å². The van der Waals surface area contributed by atoms with Crippen LogP contribution in [0, 0.1) is 0 Å². The van der Waals surface area contributed by atoms with Crippen LogP contribution in [0.1, 0.15) is 30.1 Å². The van der Waals surface area contributed by atoms with Crippen LogP contribution in [0.15, 0.2) is 23.1 Å². The average molecular weight is 313 g/mol. The molecule has 1 aliphatic heterocycles. The highest BCUT2D eigenvalue weighted by Gasteiger charge is 2.33. The molecular formula is C13H19N3O4S. The molecule has 5 N–H and O–H groups in total. The fourth-order valence-electron chi connectivity index (χ4n) is 2.25. The van der Waals surface area contributed by atoms with E-state index in [4.69, 9.17) is 16.2 Å². The zero-order valence-electron chi connectivity index (χ0n) is 11.8. The van der Waals surface area contributed by atoms with Crippen molar-refractivity contribution in [3.8, 4) is 0 Å². The van der Waals surface area contributed by atoms with Gasteiger partial charge in [-0.05, 0) is 38.0 Å². The summed E-state index contributed by atoms with van der Waals surface area (Å²) < 4.78 is 32.8. The van der Waals surface area contributed by atoms with E-state index in [0.29, 0.717) is 26.1 Å². The summed E-state index contributed by atoms with van der Waals surface area (Å²) in [6.45, 7) is 2.85. The van der Waals surface area contributed by atoms with Crippen molar-refractivity contribution in [2.24, 2.45) is 5.73 Å². The van der Waals surface area contributed by atoms with Crippen molar-refractivity contribution in [2.45, 2.75) is 30.2 Å². The van der Waals surface area contributed by atoms with Crippen molar-refractivity contribution in [1.82, 2.24) is 4.72 Å². The van der Waals surface area contributed by atoms with E-state index in [-0.39, 0.29) is 16.1 Å². The number of carbonyl (C=O) groups is 1. The van der Waals surface area contributed by atoms with Gasteiger partial charge in [0.1, 0.15) is 4.90 Å². The monoisotopic (exact) mass is 313 g/mol. The maximum Gasteiger partial charge on any atom is 0.248 e. The van der Waals surface area contributed by atoms with E-state index in [1.807, 2.05) is 6.92 Å². The van der Waals surface area contributed by atoms with Crippen LogP contribution in [0.3, 0.4) is 0 Å². The molecule has 1 aromatic carbocycles. The highest BCUT2D eigenvalue weighted by atomic mass is 32.2. The molecule has 0 saturated carbocycles.